The average Bonchev–Trinajstić information content (AvgIpc) is 1.98. The predicted octanol–water partition coefficient (Wildman–Crippen LogP) is 2.60. The van der Waals surface area contributed by atoms with Crippen LogP contribution in [0.1, 0.15) is 11.1 Å². The van der Waals surface area contributed by atoms with Gasteiger partial charge in [0.2, 0.25) is 0 Å². The first-order valence-electron chi connectivity index (χ1n) is 3.34. The van der Waals surface area contributed by atoms with Crippen LogP contribution in [0, 0.1) is 6.92 Å². The lowest BCUT2D eigenvalue weighted by Gasteiger charge is -1.99. The van der Waals surface area contributed by atoms with Gasteiger partial charge in [0.15, 0.2) is 0 Å². The zero-order valence-electron chi connectivity index (χ0n) is 6.28. The van der Waals surface area contributed by atoms with E-state index in [1.807, 2.05) is 19.1 Å². The Kier molecular flexibility index (Phi) is 2.60. The van der Waals surface area contributed by atoms with Crippen molar-refractivity contribution in [3.8, 4) is 5.75 Å². The second-order valence-corrected chi connectivity index (χ2v) is 2.65. The Bertz CT molecular complexity index is 279. The zero-order valence-corrected chi connectivity index (χ0v) is 7.18. The summed E-state index contributed by atoms with van der Waals surface area (Å²) in [5, 5.41) is 10.8. The third-order valence-corrected chi connectivity index (χ3v) is 1.67. The summed E-state index contributed by atoms with van der Waals surface area (Å²) >= 11 is 3.95. The fraction of sp³-hybridized carbons (Fsp3) is 0.111. The van der Waals surface area contributed by atoms with Crippen molar-refractivity contribution in [2.75, 3.05) is 0 Å². The normalized spacial score (nSPS) is 10.7. The van der Waals surface area contributed by atoms with E-state index in [1.165, 1.54) is 0 Å². The lowest BCUT2D eigenvalue weighted by Crippen LogP contribution is -1.78. The third kappa shape index (κ3) is 2.02. The van der Waals surface area contributed by atoms with Gasteiger partial charge in [0, 0.05) is 0 Å². The Morgan fingerprint density at radius 1 is 1.45 bits per heavy atom. The first-order valence-corrected chi connectivity index (χ1v) is 3.86. The van der Waals surface area contributed by atoms with E-state index in [0.29, 0.717) is 0 Å². The number of phenolic OH excluding ortho intramolecular Hbond substituents is 1. The van der Waals surface area contributed by atoms with Crippen LogP contribution < -0.4 is 0 Å². The second-order valence-electron chi connectivity index (χ2n) is 2.36. The highest BCUT2D eigenvalue weighted by Crippen LogP contribution is 2.17. The molecule has 0 aliphatic rings. The first-order chi connectivity index (χ1) is 5.24. The van der Waals surface area contributed by atoms with Crippen LogP contribution in [0.25, 0.3) is 6.08 Å². The number of aryl methyl sites for hydroxylation is 1. The lowest BCUT2D eigenvalue weighted by atomic mass is 10.1. The molecule has 0 radical (unpaired) electrons. The van der Waals surface area contributed by atoms with Gasteiger partial charge in [-0.1, -0.05) is 6.07 Å². The molecule has 0 unspecified atom stereocenters. The van der Waals surface area contributed by atoms with E-state index in [2.05, 4.69) is 12.6 Å². The highest BCUT2D eigenvalue weighted by Gasteiger charge is 1.93. The molecule has 0 fully saturated rings. The van der Waals surface area contributed by atoms with Crippen molar-refractivity contribution >= 4 is 18.7 Å². The molecule has 1 N–H and O–H groups in total. The number of benzene rings is 1. The van der Waals surface area contributed by atoms with E-state index in [1.54, 1.807) is 17.5 Å². The van der Waals surface area contributed by atoms with Crippen LogP contribution in [0.15, 0.2) is 23.6 Å². The molecular weight excluding hydrogens is 156 g/mol. The standard InChI is InChI=1S/C9H10OS/c1-7-2-3-9(10)6-8(7)4-5-11/h2-6,10-11H,1H3/b5-4+. The first kappa shape index (κ1) is 8.21. The van der Waals surface area contributed by atoms with Crippen LogP contribution in [0.2, 0.25) is 0 Å². The molecule has 0 atom stereocenters. The van der Waals surface area contributed by atoms with Crippen LogP contribution >= 0.6 is 12.6 Å². The van der Waals surface area contributed by atoms with E-state index < -0.39 is 0 Å². The van der Waals surface area contributed by atoms with Crippen molar-refractivity contribution in [1.82, 2.24) is 0 Å². The van der Waals surface area contributed by atoms with Gasteiger partial charge in [-0.05, 0) is 41.7 Å². The summed E-state index contributed by atoms with van der Waals surface area (Å²) in [5.41, 5.74) is 2.13. The molecule has 1 nitrogen and oxygen atoms in total. The fourth-order valence-corrected chi connectivity index (χ4v) is 1.05. The fourth-order valence-electron chi connectivity index (χ4n) is 0.888. The van der Waals surface area contributed by atoms with Gasteiger partial charge < -0.3 is 5.11 Å². The van der Waals surface area contributed by atoms with Gasteiger partial charge in [-0.3, -0.25) is 0 Å². The van der Waals surface area contributed by atoms with Gasteiger partial charge >= 0.3 is 0 Å². The van der Waals surface area contributed by atoms with E-state index in [4.69, 9.17) is 5.11 Å². The molecule has 0 saturated heterocycles. The maximum Gasteiger partial charge on any atom is 0.116 e. The van der Waals surface area contributed by atoms with Gasteiger partial charge in [-0.15, -0.1) is 0 Å². The Morgan fingerprint density at radius 2 is 2.18 bits per heavy atom. The minimum atomic E-state index is 0.289. The van der Waals surface area contributed by atoms with Crippen molar-refractivity contribution in [3.05, 3.63) is 34.7 Å². The SMILES string of the molecule is Cc1ccc(O)cc1/C=C/S. The van der Waals surface area contributed by atoms with Crippen LogP contribution in [0.5, 0.6) is 5.75 Å². The molecule has 0 amide bonds. The van der Waals surface area contributed by atoms with Crippen molar-refractivity contribution in [1.29, 1.82) is 0 Å². The smallest absolute Gasteiger partial charge is 0.116 e. The molecule has 0 heterocycles. The second kappa shape index (κ2) is 3.49. The molecule has 0 bridgehead atoms. The molecule has 11 heavy (non-hydrogen) atoms. The van der Waals surface area contributed by atoms with Gasteiger partial charge in [0.05, 0.1) is 0 Å². The van der Waals surface area contributed by atoms with Crippen LogP contribution in [-0.4, -0.2) is 5.11 Å². The molecular formula is C9H10OS. The predicted molar refractivity (Wildman–Crippen MR) is 50.9 cm³/mol. The van der Waals surface area contributed by atoms with Gasteiger partial charge in [-0.2, -0.15) is 12.6 Å². The van der Waals surface area contributed by atoms with Crippen molar-refractivity contribution in [3.63, 3.8) is 0 Å². The number of aromatic hydroxyl groups is 1. The number of phenols is 1. The number of thiol groups is 1. The molecule has 1 rings (SSSR count). The Labute approximate surface area is 71.8 Å². The van der Waals surface area contributed by atoms with E-state index in [9.17, 15) is 0 Å². The Morgan fingerprint density at radius 3 is 2.82 bits per heavy atom. The number of hydrogen-bond acceptors (Lipinski definition) is 2. The molecule has 0 aliphatic carbocycles. The highest BCUT2D eigenvalue weighted by atomic mass is 32.1. The molecule has 0 aromatic heterocycles. The number of rotatable bonds is 1. The molecule has 58 valence electrons. The van der Waals surface area contributed by atoms with Gasteiger partial charge in [-0.25, -0.2) is 0 Å². The van der Waals surface area contributed by atoms with E-state index in [-0.39, 0.29) is 5.75 Å². The summed E-state index contributed by atoms with van der Waals surface area (Å²) in [6, 6.07) is 5.26. The molecule has 0 saturated carbocycles. The van der Waals surface area contributed by atoms with E-state index >= 15 is 0 Å². The highest BCUT2D eigenvalue weighted by molar-refractivity contribution is 7.83. The van der Waals surface area contributed by atoms with Crippen molar-refractivity contribution in [2.24, 2.45) is 0 Å². The Hall–Kier alpha value is -0.890. The maximum absolute atomic E-state index is 9.11. The van der Waals surface area contributed by atoms with Crippen LogP contribution in [0.4, 0.5) is 0 Å². The Balaban J connectivity index is 3.12. The average molecular weight is 166 g/mol. The molecule has 1 aromatic rings. The van der Waals surface area contributed by atoms with Crippen LogP contribution in [-0.2, 0) is 0 Å². The van der Waals surface area contributed by atoms with Gasteiger partial charge in [0.25, 0.3) is 0 Å². The van der Waals surface area contributed by atoms with Crippen LogP contribution in [0.3, 0.4) is 0 Å². The van der Waals surface area contributed by atoms with Crippen molar-refractivity contribution in [2.45, 2.75) is 6.92 Å². The summed E-state index contributed by atoms with van der Waals surface area (Å²) in [6.45, 7) is 1.99. The zero-order chi connectivity index (χ0) is 8.27. The molecule has 0 spiro atoms. The molecule has 2 heteroatoms. The number of hydrogen-bond donors (Lipinski definition) is 2. The monoisotopic (exact) mass is 166 g/mol. The summed E-state index contributed by atoms with van der Waals surface area (Å²) in [6.07, 6.45) is 1.85. The summed E-state index contributed by atoms with van der Waals surface area (Å²) in [4.78, 5) is 0. The summed E-state index contributed by atoms with van der Waals surface area (Å²) < 4.78 is 0. The quantitative estimate of drug-likeness (QED) is 0.614. The molecule has 1 aromatic carbocycles. The molecule has 0 aliphatic heterocycles. The maximum atomic E-state index is 9.11. The third-order valence-electron chi connectivity index (χ3n) is 1.52. The van der Waals surface area contributed by atoms with Gasteiger partial charge in [0.1, 0.15) is 5.75 Å². The lowest BCUT2D eigenvalue weighted by molar-refractivity contribution is 0.475. The minimum absolute atomic E-state index is 0.289. The topological polar surface area (TPSA) is 20.2 Å². The minimum Gasteiger partial charge on any atom is -0.508 e. The van der Waals surface area contributed by atoms with E-state index in [0.717, 1.165) is 11.1 Å². The summed E-state index contributed by atoms with van der Waals surface area (Å²) in [5.74, 6) is 0.289. The largest absolute Gasteiger partial charge is 0.508 e. The summed E-state index contributed by atoms with van der Waals surface area (Å²) in [7, 11) is 0. The van der Waals surface area contributed by atoms with Crippen molar-refractivity contribution < 1.29 is 5.11 Å².